The Hall–Kier alpha value is -1.58. The van der Waals surface area contributed by atoms with Crippen LogP contribution >= 0.6 is 0 Å². The smallest absolute Gasteiger partial charge is 0.254 e. The first-order valence-corrected chi connectivity index (χ1v) is 6.57. The van der Waals surface area contributed by atoms with Crippen molar-refractivity contribution in [1.82, 2.24) is 9.88 Å². The normalized spacial score (nSPS) is 12.0. The number of aromatic nitrogens is 1. The molecule has 0 bridgehead atoms. The van der Waals surface area contributed by atoms with Gasteiger partial charge in [0.05, 0.1) is 0 Å². The Bertz CT molecular complexity index is 392. The molecule has 1 heterocycles. The van der Waals surface area contributed by atoms with E-state index >= 15 is 0 Å². The standard InChI is InChI=1S/C14H23N3O/c1-5-8-15-13-10-12(7-9-16-13)14(18)17(4)11(3)6-2/h7,9-11H,5-6,8H2,1-4H3,(H,15,16). The molecule has 4 nitrogen and oxygen atoms in total. The van der Waals surface area contributed by atoms with Crippen LogP contribution in [0.15, 0.2) is 18.3 Å². The zero-order valence-corrected chi connectivity index (χ0v) is 11.7. The molecule has 0 saturated heterocycles. The van der Waals surface area contributed by atoms with E-state index in [1.54, 1.807) is 17.2 Å². The number of amides is 1. The van der Waals surface area contributed by atoms with E-state index in [1.807, 2.05) is 13.1 Å². The van der Waals surface area contributed by atoms with Gasteiger partial charge >= 0.3 is 0 Å². The Morgan fingerprint density at radius 2 is 2.22 bits per heavy atom. The average Bonchev–Trinajstić information content (AvgIpc) is 2.42. The van der Waals surface area contributed by atoms with Crippen LogP contribution in [-0.2, 0) is 0 Å². The van der Waals surface area contributed by atoms with Crippen LogP contribution in [0.4, 0.5) is 5.82 Å². The highest BCUT2D eigenvalue weighted by Gasteiger charge is 2.16. The molecule has 1 N–H and O–H groups in total. The second kappa shape index (κ2) is 6.99. The maximum absolute atomic E-state index is 12.2. The van der Waals surface area contributed by atoms with Gasteiger partial charge < -0.3 is 10.2 Å². The molecule has 1 atom stereocenters. The van der Waals surface area contributed by atoms with Crippen molar-refractivity contribution in [2.75, 3.05) is 18.9 Å². The van der Waals surface area contributed by atoms with E-state index in [9.17, 15) is 4.79 Å². The molecule has 0 fully saturated rings. The molecule has 0 saturated carbocycles. The lowest BCUT2D eigenvalue weighted by atomic mass is 10.2. The molecule has 18 heavy (non-hydrogen) atoms. The van der Waals surface area contributed by atoms with Gasteiger partial charge in [-0.15, -0.1) is 0 Å². The summed E-state index contributed by atoms with van der Waals surface area (Å²) in [4.78, 5) is 18.2. The molecular formula is C14H23N3O. The van der Waals surface area contributed by atoms with Gasteiger partial charge in [-0.3, -0.25) is 4.79 Å². The van der Waals surface area contributed by atoms with E-state index in [0.717, 1.165) is 25.2 Å². The van der Waals surface area contributed by atoms with Crippen molar-refractivity contribution in [2.45, 2.75) is 39.7 Å². The van der Waals surface area contributed by atoms with E-state index in [0.29, 0.717) is 5.56 Å². The van der Waals surface area contributed by atoms with E-state index < -0.39 is 0 Å². The lowest BCUT2D eigenvalue weighted by molar-refractivity contribution is 0.0740. The van der Waals surface area contributed by atoms with Crippen LogP contribution in [0, 0.1) is 0 Å². The fraction of sp³-hybridized carbons (Fsp3) is 0.571. The molecule has 0 aromatic carbocycles. The average molecular weight is 249 g/mol. The fourth-order valence-electron chi connectivity index (χ4n) is 1.59. The number of anilines is 1. The molecule has 1 unspecified atom stereocenters. The topological polar surface area (TPSA) is 45.2 Å². The molecule has 100 valence electrons. The second-order valence-electron chi connectivity index (χ2n) is 4.53. The first kappa shape index (κ1) is 14.5. The Morgan fingerprint density at radius 1 is 1.50 bits per heavy atom. The summed E-state index contributed by atoms with van der Waals surface area (Å²) >= 11 is 0. The summed E-state index contributed by atoms with van der Waals surface area (Å²) < 4.78 is 0. The van der Waals surface area contributed by atoms with Crippen molar-refractivity contribution in [3.63, 3.8) is 0 Å². The molecule has 0 aliphatic heterocycles. The van der Waals surface area contributed by atoms with Crippen molar-refractivity contribution < 1.29 is 4.79 Å². The number of pyridine rings is 1. The summed E-state index contributed by atoms with van der Waals surface area (Å²) in [5.74, 6) is 0.812. The summed E-state index contributed by atoms with van der Waals surface area (Å²) in [7, 11) is 1.84. The van der Waals surface area contributed by atoms with Gasteiger partial charge in [-0.25, -0.2) is 4.98 Å². The van der Waals surface area contributed by atoms with E-state index in [1.165, 1.54) is 0 Å². The van der Waals surface area contributed by atoms with Crippen LogP contribution in [0.25, 0.3) is 0 Å². The molecule has 1 rings (SSSR count). The predicted molar refractivity (Wildman–Crippen MR) is 74.9 cm³/mol. The number of hydrogen-bond donors (Lipinski definition) is 1. The van der Waals surface area contributed by atoms with Gasteiger partial charge in [-0.2, -0.15) is 0 Å². The van der Waals surface area contributed by atoms with Crippen molar-refractivity contribution >= 4 is 11.7 Å². The lowest BCUT2D eigenvalue weighted by Gasteiger charge is -2.24. The third kappa shape index (κ3) is 3.72. The van der Waals surface area contributed by atoms with Gasteiger partial charge in [-0.1, -0.05) is 13.8 Å². The van der Waals surface area contributed by atoms with Crippen LogP contribution in [0.5, 0.6) is 0 Å². The third-order valence-electron chi connectivity index (χ3n) is 3.14. The van der Waals surface area contributed by atoms with Gasteiger partial charge in [0.1, 0.15) is 5.82 Å². The van der Waals surface area contributed by atoms with Gasteiger partial charge in [-0.05, 0) is 31.9 Å². The molecule has 0 radical (unpaired) electrons. The van der Waals surface area contributed by atoms with Crippen molar-refractivity contribution in [2.24, 2.45) is 0 Å². The number of rotatable bonds is 6. The highest BCUT2D eigenvalue weighted by Crippen LogP contribution is 2.11. The van der Waals surface area contributed by atoms with Gasteiger partial charge in [0.15, 0.2) is 0 Å². The summed E-state index contributed by atoms with van der Waals surface area (Å²) in [5, 5.41) is 3.19. The molecule has 1 aromatic rings. The van der Waals surface area contributed by atoms with E-state index in [2.05, 4.69) is 31.1 Å². The third-order valence-corrected chi connectivity index (χ3v) is 3.14. The summed E-state index contributed by atoms with van der Waals surface area (Å²) in [6.07, 6.45) is 3.66. The Balaban J connectivity index is 2.79. The number of carbonyl (C=O) groups is 1. The van der Waals surface area contributed by atoms with Crippen LogP contribution in [0.3, 0.4) is 0 Å². The summed E-state index contributed by atoms with van der Waals surface area (Å²) in [5.41, 5.74) is 0.686. The van der Waals surface area contributed by atoms with Crippen LogP contribution < -0.4 is 5.32 Å². The Labute approximate surface area is 109 Å². The highest BCUT2D eigenvalue weighted by atomic mass is 16.2. The van der Waals surface area contributed by atoms with Crippen LogP contribution in [0.2, 0.25) is 0 Å². The van der Waals surface area contributed by atoms with Crippen LogP contribution in [0.1, 0.15) is 44.0 Å². The van der Waals surface area contributed by atoms with Crippen molar-refractivity contribution in [1.29, 1.82) is 0 Å². The molecular weight excluding hydrogens is 226 g/mol. The van der Waals surface area contributed by atoms with Crippen LogP contribution in [-0.4, -0.2) is 35.4 Å². The minimum absolute atomic E-state index is 0.0475. The zero-order valence-electron chi connectivity index (χ0n) is 11.7. The quantitative estimate of drug-likeness (QED) is 0.843. The first-order valence-electron chi connectivity index (χ1n) is 6.57. The molecule has 0 aliphatic rings. The molecule has 1 amide bonds. The highest BCUT2D eigenvalue weighted by molar-refractivity contribution is 5.94. The molecule has 0 aliphatic carbocycles. The molecule has 1 aromatic heterocycles. The van der Waals surface area contributed by atoms with Gasteiger partial charge in [0.25, 0.3) is 5.91 Å². The minimum atomic E-state index is 0.0475. The minimum Gasteiger partial charge on any atom is -0.370 e. The Morgan fingerprint density at radius 3 is 2.83 bits per heavy atom. The molecule has 4 heteroatoms. The molecule has 0 spiro atoms. The van der Waals surface area contributed by atoms with E-state index in [4.69, 9.17) is 0 Å². The monoisotopic (exact) mass is 249 g/mol. The Kier molecular flexibility index (Phi) is 5.62. The first-order chi connectivity index (χ1) is 8.60. The lowest BCUT2D eigenvalue weighted by Crippen LogP contribution is -2.34. The van der Waals surface area contributed by atoms with Crippen molar-refractivity contribution in [3.8, 4) is 0 Å². The maximum Gasteiger partial charge on any atom is 0.254 e. The van der Waals surface area contributed by atoms with E-state index in [-0.39, 0.29) is 11.9 Å². The SMILES string of the molecule is CCCNc1cc(C(=O)N(C)C(C)CC)ccn1. The summed E-state index contributed by atoms with van der Waals surface area (Å²) in [6.45, 7) is 7.09. The fourth-order valence-corrected chi connectivity index (χ4v) is 1.59. The van der Waals surface area contributed by atoms with Gasteiger partial charge in [0, 0.05) is 31.4 Å². The number of carbonyl (C=O) groups excluding carboxylic acids is 1. The van der Waals surface area contributed by atoms with Gasteiger partial charge in [0.2, 0.25) is 0 Å². The maximum atomic E-state index is 12.2. The summed E-state index contributed by atoms with van der Waals surface area (Å²) in [6, 6.07) is 3.83. The largest absolute Gasteiger partial charge is 0.370 e. The number of nitrogens with one attached hydrogen (secondary N) is 1. The predicted octanol–water partition coefficient (Wildman–Crippen LogP) is 2.77. The number of hydrogen-bond acceptors (Lipinski definition) is 3. The van der Waals surface area contributed by atoms with Crippen molar-refractivity contribution in [3.05, 3.63) is 23.9 Å². The second-order valence-corrected chi connectivity index (χ2v) is 4.53. The zero-order chi connectivity index (χ0) is 13.5. The number of nitrogens with zero attached hydrogens (tertiary/aromatic N) is 2.